The van der Waals surface area contributed by atoms with Crippen molar-refractivity contribution in [3.63, 3.8) is 0 Å². The van der Waals surface area contributed by atoms with Crippen molar-refractivity contribution >= 4 is 0 Å². The molecule has 1 heteroatoms. The summed E-state index contributed by atoms with van der Waals surface area (Å²) >= 11 is 0. The Balaban J connectivity index is 2.25. The van der Waals surface area contributed by atoms with Crippen LogP contribution in [0.3, 0.4) is 0 Å². The predicted octanol–water partition coefficient (Wildman–Crippen LogP) is 3.48. The second kappa shape index (κ2) is 6.62. The van der Waals surface area contributed by atoms with E-state index in [1.165, 1.54) is 11.1 Å². The molecule has 0 saturated carbocycles. The Morgan fingerprint density at radius 3 is 2.73 bits per heavy atom. The fraction of sp³-hybridized carbons (Fsp3) is 0.571. The molecule has 0 aromatic heterocycles. The van der Waals surface area contributed by atoms with Crippen molar-refractivity contribution in [2.24, 2.45) is 0 Å². The van der Waals surface area contributed by atoms with Gasteiger partial charge in [-0.1, -0.05) is 43.2 Å². The third kappa shape index (κ3) is 4.98. The second-order valence-corrected chi connectivity index (χ2v) is 4.32. The van der Waals surface area contributed by atoms with Gasteiger partial charge in [0.1, 0.15) is 0 Å². The molecular weight excluding hydrogens is 184 g/mol. The van der Waals surface area contributed by atoms with E-state index in [1.807, 2.05) is 0 Å². The van der Waals surface area contributed by atoms with E-state index in [1.54, 1.807) is 0 Å². The van der Waals surface area contributed by atoms with Crippen LogP contribution in [0.1, 0.15) is 43.7 Å². The molecule has 0 heterocycles. The number of benzene rings is 1. The molecule has 1 atom stereocenters. The van der Waals surface area contributed by atoms with Crippen molar-refractivity contribution in [3.8, 4) is 0 Å². The van der Waals surface area contributed by atoms with Crippen LogP contribution in [0.25, 0.3) is 0 Å². The summed E-state index contributed by atoms with van der Waals surface area (Å²) in [6.45, 7) is 4.24. The number of aliphatic hydroxyl groups excluding tert-OH is 1. The standard InChI is InChI=1S/C14H22O/c1-3-6-14(15)10-5-9-13-8-4-7-12(2)11-13/h4,7-8,11,14-15H,3,5-6,9-10H2,1-2H3. The maximum Gasteiger partial charge on any atom is 0.0540 e. The average molecular weight is 206 g/mol. The van der Waals surface area contributed by atoms with Gasteiger partial charge in [0, 0.05) is 0 Å². The van der Waals surface area contributed by atoms with Gasteiger partial charge in [0.2, 0.25) is 0 Å². The molecule has 1 aromatic carbocycles. The number of aryl methyl sites for hydroxylation is 2. The summed E-state index contributed by atoms with van der Waals surface area (Å²) in [5.41, 5.74) is 2.71. The van der Waals surface area contributed by atoms with Gasteiger partial charge >= 0.3 is 0 Å². The quantitative estimate of drug-likeness (QED) is 0.755. The van der Waals surface area contributed by atoms with Gasteiger partial charge in [-0.3, -0.25) is 0 Å². The van der Waals surface area contributed by atoms with Gasteiger partial charge in [0.25, 0.3) is 0 Å². The Morgan fingerprint density at radius 2 is 2.07 bits per heavy atom. The van der Waals surface area contributed by atoms with Gasteiger partial charge in [-0.2, -0.15) is 0 Å². The normalized spacial score (nSPS) is 12.7. The minimum atomic E-state index is -0.0974. The van der Waals surface area contributed by atoms with E-state index < -0.39 is 0 Å². The lowest BCUT2D eigenvalue weighted by atomic mass is 10.0. The van der Waals surface area contributed by atoms with Crippen LogP contribution >= 0.6 is 0 Å². The molecule has 0 radical (unpaired) electrons. The highest BCUT2D eigenvalue weighted by Gasteiger charge is 2.02. The zero-order valence-corrected chi connectivity index (χ0v) is 9.87. The van der Waals surface area contributed by atoms with Gasteiger partial charge in [-0.05, 0) is 38.2 Å². The zero-order valence-electron chi connectivity index (χ0n) is 9.87. The maximum atomic E-state index is 9.58. The maximum absolute atomic E-state index is 9.58. The molecule has 0 fully saturated rings. The molecule has 0 amide bonds. The van der Waals surface area contributed by atoms with Crippen molar-refractivity contribution < 1.29 is 5.11 Å². The lowest BCUT2D eigenvalue weighted by molar-refractivity contribution is 0.151. The van der Waals surface area contributed by atoms with Gasteiger partial charge < -0.3 is 5.11 Å². The Morgan fingerprint density at radius 1 is 1.27 bits per heavy atom. The molecule has 0 aliphatic heterocycles. The minimum absolute atomic E-state index is 0.0974. The van der Waals surface area contributed by atoms with E-state index in [4.69, 9.17) is 0 Å². The molecule has 0 saturated heterocycles. The fourth-order valence-corrected chi connectivity index (χ4v) is 1.89. The smallest absolute Gasteiger partial charge is 0.0540 e. The minimum Gasteiger partial charge on any atom is -0.393 e. The second-order valence-electron chi connectivity index (χ2n) is 4.32. The molecule has 0 aliphatic rings. The van der Waals surface area contributed by atoms with Gasteiger partial charge in [-0.15, -0.1) is 0 Å². The van der Waals surface area contributed by atoms with Crippen molar-refractivity contribution in [2.45, 2.75) is 52.1 Å². The van der Waals surface area contributed by atoms with Gasteiger partial charge in [0.15, 0.2) is 0 Å². The van der Waals surface area contributed by atoms with E-state index in [0.717, 1.165) is 32.1 Å². The Labute approximate surface area is 93.1 Å². The van der Waals surface area contributed by atoms with E-state index in [9.17, 15) is 5.11 Å². The first-order chi connectivity index (χ1) is 7.22. The highest BCUT2D eigenvalue weighted by Crippen LogP contribution is 2.10. The Kier molecular flexibility index (Phi) is 5.41. The topological polar surface area (TPSA) is 20.2 Å². The number of aliphatic hydroxyl groups is 1. The molecule has 0 bridgehead atoms. The lowest BCUT2D eigenvalue weighted by Crippen LogP contribution is -2.05. The molecule has 84 valence electrons. The van der Waals surface area contributed by atoms with Crippen LogP contribution in [0.15, 0.2) is 24.3 Å². The van der Waals surface area contributed by atoms with Crippen molar-refractivity contribution in [2.75, 3.05) is 0 Å². The molecule has 1 N–H and O–H groups in total. The highest BCUT2D eigenvalue weighted by atomic mass is 16.3. The fourth-order valence-electron chi connectivity index (χ4n) is 1.89. The van der Waals surface area contributed by atoms with E-state index >= 15 is 0 Å². The van der Waals surface area contributed by atoms with Crippen molar-refractivity contribution in [1.82, 2.24) is 0 Å². The Bertz CT molecular complexity index is 280. The highest BCUT2D eigenvalue weighted by molar-refractivity contribution is 5.22. The van der Waals surface area contributed by atoms with Crippen LogP contribution < -0.4 is 0 Å². The van der Waals surface area contributed by atoms with Crippen LogP contribution in [0, 0.1) is 6.92 Å². The largest absolute Gasteiger partial charge is 0.393 e. The molecule has 15 heavy (non-hydrogen) atoms. The predicted molar refractivity (Wildman–Crippen MR) is 65.0 cm³/mol. The number of hydrogen-bond acceptors (Lipinski definition) is 1. The average Bonchev–Trinajstić information content (AvgIpc) is 2.18. The summed E-state index contributed by atoms with van der Waals surface area (Å²) < 4.78 is 0. The molecular formula is C14H22O. The van der Waals surface area contributed by atoms with E-state index in [2.05, 4.69) is 38.1 Å². The molecule has 1 unspecified atom stereocenters. The lowest BCUT2D eigenvalue weighted by Gasteiger charge is -2.08. The zero-order chi connectivity index (χ0) is 11.1. The first kappa shape index (κ1) is 12.3. The summed E-state index contributed by atoms with van der Waals surface area (Å²) in [5, 5.41) is 9.58. The summed E-state index contributed by atoms with van der Waals surface area (Å²) in [7, 11) is 0. The molecule has 1 nitrogen and oxygen atoms in total. The van der Waals surface area contributed by atoms with Crippen LogP contribution in [0.2, 0.25) is 0 Å². The van der Waals surface area contributed by atoms with Crippen LogP contribution in [-0.4, -0.2) is 11.2 Å². The molecule has 1 rings (SSSR count). The monoisotopic (exact) mass is 206 g/mol. The molecule has 0 spiro atoms. The van der Waals surface area contributed by atoms with E-state index in [0.29, 0.717) is 0 Å². The van der Waals surface area contributed by atoms with Crippen molar-refractivity contribution in [3.05, 3.63) is 35.4 Å². The van der Waals surface area contributed by atoms with Crippen LogP contribution in [0.4, 0.5) is 0 Å². The summed E-state index contributed by atoms with van der Waals surface area (Å²) in [6, 6.07) is 8.62. The SMILES string of the molecule is CCCC(O)CCCc1cccc(C)c1. The Hall–Kier alpha value is -0.820. The van der Waals surface area contributed by atoms with E-state index in [-0.39, 0.29) is 6.10 Å². The first-order valence-electron chi connectivity index (χ1n) is 5.96. The summed E-state index contributed by atoms with van der Waals surface area (Å²) in [6.07, 6.45) is 5.02. The first-order valence-corrected chi connectivity index (χ1v) is 5.96. The summed E-state index contributed by atoms with van der Waals surface area (Å²) in [4.78, 5) is 0. The number of rotatable bonds is 6. The molecule has 1 aromatic rings. The van der Waals surface area contributed by atoms with Crippen molar-refractivity contribution in [1.29, 1.82) is 0 Å². The molecule has 0 aliphatic carbocycles. The van der Waals surface area contributed by atoms with Gasteiger partial charge in [0.05, 0.1) is 6.10 Å². The number of hydrogen-bond donors (Lipinski definition) is 1. The summed E-state index contributed by atoms with van der Waals surface area (Å²) in [5.74, 6) is 0. The third-order valence-corrected chi connectivity index (χ3v) is 2.71. The van der Waals surface area contributed by atoms with Crippen LogP contribution in [0.5, 0.6) is 0 Å². The van der Waals surface area contributed by atoms with Crippen LogP contribution in [-0.2, 0) is 6.42 Å². The van der Waals surface area contributed by atoms with Gasteiger partial charge in [-0.25, -0.2) is 0 Å². The third-order valence-electron chi connectivity index (χ3n) is 2.71.